The highest BCUT2D eigenvalue weighted by Crippen LogP contribution is 2.28. The first-order chi connectivity index (χ1) is 13.5. The third kappa shape index (κ3) is 5.91. The van der Waals surface area contributed by atoms with Crippen molar-refractivity contribution in [1.29, 1.82) is 0 Å². The van der Waals surface area contributed by atoms with Gasteiger partial charge >= 0.3 is 0 Å². The van der Waals surface area contributed by atoms with Gasteiger partial charge in [-0.2, -0.15) is 0 Å². The van der Waals surface area contributed by atoms with Gasteiger partial charge in [-0.3, -0.25) is 4.79 Å². The monoisotopic (exact) mass is 385 g/mol. The molecular formula is C23H31NO4. The van der Waals surface area contributed by atoms with Gasteiger partial charge in [0.1, 0.15) is 5.75 Å². The molecule has 2 rings (SSSR count). The van der Waals surface area contributed by atoms with Crippen molar-refractivity contribution in [2.24, 2.45) is 0 Å². The van der Waals surface area contributed by atoms with E-state index in [4.69, 9.17) is 14.2 Å². The summed E-state index contributed by atoms with van der Waals surface area (Å²) in [5.41, 5.74) is 3.07. The van der Waals surface area contributed by atoms with Gasteiger partial charge in [0.15, 0.2) is 17.6 Å². The molecule has 0 spiro atoms. The number of hydrogen-bond donors (Lipinski definition) is 1. The summed E-state index contributed by atoms with van der Waals surface area (Å²) in [5.74, 6) is 2.02. The maximum absolute atomic E-state index is 12.6. The van der Waals surface area contributed by atoms with E-state index in [0.717, 1.165) is 22.4 Å². The van der Waals surface area contributed by atoms with Crippen LogP contribution >= 0.6 is 0 Å². The molecule has 0 unspecified atom stereocenters. The van der Waals surface area contributed by atoms with Gasteiger partial charge in [-0.25, -0.2) is 0 Å². The van der Waals surface area contributed by atoms with Crippen LogP contribution in [0.5, 0.6) is 17.2 Å². The molecule has 2 aromatic rings. The molecule has 0 aliphatic rings. The van der Waals surface area contributed by atoms with Gasteiger partial charge in [-0.05, 0) is 69.0 Å². The quantitative estimate of drug-likeness (QED) is 0.651. The van der Waals surface area contributed by atoms with Crippen LogP contribution in [0.25, 0.3) is 0 Å². The van der Waals surface area contributed by atoms with E-state index in [1.165, 1.54) is 0 Å². The van der Waals surface area contributed by atoms with Crippen LogP contribution in [-0.4, -0.2) is 25.2 Å². The maximum Gasteiger partial charge on any atom is 0.261 e. The Morgan fingerprint density at radius 1 is 0.929 bits per heavy atom. The third-order valence-corrected chi connectivity index (χ3v) is 4.35. The topological polar surface area (TPSA) is 56.8 Å². The predicted molar refractivity (Wildman–Crippen MR) is 111 cm³/mol. The standard InChI is InChI=1S/C23H31NO4/c1-6-19(28-21-13-16(4)9-10-17(21)5)23(25)24-15-18-11-12-20(26-7-2)22(14-18)27-8-3/h9-14,19H,6-8,15H2,1-5H3,(H,24,25)/t19-/m0/s1. The normalized spacial score (nSPS) is 11.6. The molecular weight excluding hydrogens is 354 g/mol. The summed E-state index contributed by atoms with van der Waals surface area (Å²) in [6.07, 6.45) is 0.0572. The Labute approximate surface area is 168 Å². The first-order valence-electron chi connectivity index (χ1n) is 9.88. The lowest BCUT2D eigenvalue weighted by Crippen LogP contribution is -2.37. The molecule has 1 N–H and O–H groups in total. The number of rotatable bonds is 10. The number of carbonyl (C=O) groups excluding carboxylic acids is 1. The first-order valence-corrected chi connectivity index (χ1v) is 9.88. The summed E-state index contributed by atoms with van der Waals surface area (Å²) in [5, 5.41) is 2.96. The van der Waals surface area contributed by atoms with Gasteiger partial charge in [0.25, 0.3) is 5.91 Å². The molecule has 28 heavy (non-hydrogen) atoms. The van der Waals surface area contributed by atoms with Crippen molar-refractivity contribution in [2.75, 3.05) is 13.2 Å². The fourth-order valence-corrected chi connectivity index (χ4v) is 2.82. The van der Waals surface area contributed by atoms with E-state index in [-0.39, 0.29) is 5.91 Å². The van der Waals surface area contributed by atoms with Crippen molar-refractivity contribution in [1.82, 2.24) is 5.32 Å². The van der Waals surface area contributed by atoms with Crippen LogP contribution in [0, 0.1) is 13.8 Å². The van der Waals surface area contributed by atoms with Gasteiger partial charge in [0.05, 0.1) is 13.2 Å². The molecule has 1 amide bonds. The lowest BCUT2D eigenvalue weighted by molar-refractivity contribution is -0.128. The molecule has 0 aromatic heterocycles. The third-order valence-electron chi connectivity index (χ3n) is 4.35. The smallest absolute Gasteiger partial charge is 0.261 e. The number of hydrogen-bond acceptors (Lipinski definition) is 4. The Hall–Kier alpha value is -2.69. The molecule has 5 heteroatoms. The average Bonchev–Trinajstić information content (AvgIpc) is 2.68. The van der Waals surface area contributed by atoms with Gasteiger partial charge in [-0.15, -0.1) is 0 Å². The Balaban J connectivity index is 2.03. The fraction of sp³-hybridized carbons (Fsp3) is 0.435. The Bertz CT molecular complexity index is 788. The SMILES string of the molecule is CCOc1ccc(CNC(=O)[C@H](CC)Oc2cc(C)ccc2C)cc1OCC. The van der Waals surface area contributed by atoms with Gasteiger partial charge in [0, 0.05) is 6.54 Å². The van der Waals surface area contributed by atoms with Crippen LogP contribution in [-0.2, 0) is 11.3 Å². The summed E-state index contributed by atoms with van der Waals surface area (Å²) in [6, 6.07) is 11.7. The van der Waals surface area contributed by atoms with Crippen LogP contribution in [0.2, 0.25) is 0 Å². The molecule has 0 radical (unpaired) electrons. The predicted octanol–water partition coefficient (Wildman–Crippen LogP) is 4.57. The number of ether oxygens (including phenoxy) is 3. The zero-order valence-electron chi connectivity index (χ0n) is 17.5. The highest BCUT2D eigenvalue weighted by molar-refractivity contribution is 5.81. The lowest BCUT2D eigenvalue weighted by atomic mass is 10.1. The van der Waals surface area contributed by atoms with Crippen molar-refractivity contribution >= 4 is 5.91 Å². The van der Waals surface area contributed by atoms with Crippen LogP contribution in [0.4, 0.5) is 0 Å². The van der Waals surface area contributed by atoms with Crippen molar-refractivity contribution < 1.29 is 19.0 Å². The first kappa shape index (κ1) is 21.6. The van der Waals surface area contributed by atoms with E-state index < -0.39 is 6.10 Å². The highest BCUT2D eigenvalue weighted by Gasteiger charge is 2.19. The molecule has 0 aliphatic heterocycles. The van der Waals surface area contributed by atoms with Gasteiger partial charge in [0.2, 0.25) is 0 Å². The van der Waals surface area contributed by atoms with Gasteiger partial charge < -0.3 is 19.5 Å². The number of benzene rings is 2. The molecule has 5 nitrogen and oxygen atoms in total. The molecule has 0 aliphatic carbocycles. The van der Waals surface area contributed by atoms with E-state index in [1.54, 1.807) is 0 Å². The van der Waals surface area contributed by atoms with Crippen LogP contribution in [0.1, 0.15) is 43.9 Å². The number of aryl methyl sites for hydroxylation is 2. The summed E-state index contributed by atoms with van der Waals surface area (Å²) in [7, 11) is 0. The Morgan fingerprint density at radius 2 is 1.64 bits per heavy atom. The zero-order valence-corrected chi connectivity index (χ0v) is 17.5. The van der Waals surface area contributed by atoms with Crippen molar-refractivity contribution in [3.63, 3.8) is 0 Å². The van der Waals surface area contributed by atoms with Crippen molar-refractivity contribution in [2.45, 2.75) is 53.7 Å². The number of amides is 1. The second kappa shape index (κ2) is 10.6. The zero-order chi connectivity index (χ0) is 20.5. The molecule has 152 valence electrons. The minimum Gasteiger partial charge on any atom is -0.490 e. The lowest BCUT2D eigenvalue weighted by Gasteiger charge is -2.19. The summed E-state index contributed by atoms with van der Waals surface area (Å²) >= 11 is 0. The summed E-state index contributed by atoms with van der Waals surface area (Å²) in [4.78, 5) is 12.6. The van der Waals surface area contributed by atoms with E-state index in [0.29, 0.717) is 37.7 Å². The van der Waals surface area contributed by atoms with E-state index in [9.17, 15) is 4.79 Å². The summed E-state index contributed by atoms with van der Waals surface area (Å²) in [6.45, 7) is 11.3. The Kier molecular flexibility index (Phi) is 8.18. The van der Waals surface area contributed by atoms with Gasteiger partial charge in [-0.1, -0.05) is 25.1 Å². The average molecular weight is 386 g/mol. The molecule has 0 bridgehead atoms. The second-order valence-corrected chi connectivity index (χ2v) is 6.65. The number of nitrogens with one attached hydrogen (secondary N) is 1. The molecule has 0 fully saturated rings. The van der Waals surface area contributed by atoms with Crippen LogP contribution < -0.4 is 19.5 Å². The van der Waals surface area contributed by atoms with E-state index in [1.807, 2.05) is 71.0 Å². The molecule has 0 saturated carbocycles. The molecule has 1 atom stereocenters. The molecule has 0 heterocycles. The number of carbonyl (C=O) groups is 1. The van der Waals surface area contributed by atoms with Crippen molar-refractivity contribution in [3.8, 4) is 17.2 Å². The highest BCUT2D eigenvalue weighted by atomic mass is 16.5. The second-order valence-electron chi connectivity index (χ2n) is 6.65. The van der Waals surface area contributed by atoms with E-state index >= 15 is 0 Å². The molecule has 2 aromatic carbocycles. The maximum atomic E-state index is 12.6. The van der Waals surface area contributed by atoms with Crippen LogP contribution in [0.15, 0.2) is 36.4 Å². The molecule has 0 saturated heterocycles. The Morgan fingerprint density at radius 3 is 2.32 bits per heavy atom. The van der Waals surface area contributed by atoms with Crippen molar-refractivity contribution in [3.05, 3.63) is 53.1 Å². The largest absolute Gasteiger partial charge is 0.490 e. The van der Waals surface area contributed by atoms with E-state index in [2.05, 4.69) is 5.32 Å². The van der Waals surface area contributed by atoms with Crippen LogP contribution in [0.3, 0.4) is 0 Å². The minimum absolute atomic E-state index is 0.129. The summed E-state index contributed by atoms with van der Waals surface area (Å²) < 4.78 is 17.2. The fourth-order valence-electron chi connectivity index (χ4n) is 2.82. The minimum atomic E-state index is -0.533.